The van der Waals surface area contributed by atoms with Crippen molar-refractivity contribution in [2.24, 2.45) is 5.92 Å². The first-order chi connectivity index (χ1) is 7.29. The van der Waals surface area contributed by atoms with Crippen LogP contribution in [0, 0.1) is 5.92 Å². The Kier molecular flexibility index (Phi) is 10.4. The average Bonchev–Trinajstić information content (AvgIpc) is 2.26. The van der Waals surface area contributed by atoms with Gasteiger partial charge in [0.1, 0.15) is 0 Å². The van der Waals surface area contributed by atoms with Crippen molar-refractivity contribution in [2.45, 2.75) is 78.7 Å². The molecule has 1 nitrogen and oxygen atoms in total. The van der Waals surface area contributed by atoms with Gasteiger partial charge in [0.05, 0.1) is 0 Å². The predicted molar refractivity (Wildman–Crippen MR) is 70.3 cm³/mol. The van der Waals surface area contributed by atoms with E-state index in [4.69, 9.17) is 0 Å². The molecule has 0 aromatic heterocycles. The van der Waals surface area contributed by atoms with Gasteiger partial charge in [-0.2, -0.15) is 0 Å². The monoisotopic (exact) mass is 213 g/mol. The third-order valence-electron chi connectivity index (χ3n) is 3.45. The van der Waals surface area contributed by atoms with E-state index in [1.165, 1.54) is 44.9 Å². The first kappa shape index (κ1) is 15.0. The van der Waals surface area contributed by atoms with Gasteiger partial charge in [-0.1, -0.05) is 66.2 Å². The van der Waals surface area contributed by atoms with E-state index >= 15 is 0 Å². The molecule has 0 radical (unpaired) electrons. The van der Waals surface area contributed by atoms with E-state index in [0.29, 0.717) is 0 Å². The summed E-state index contributed by atoms with van der Waals surface area (Å²) >= 11 is 0. The molecule has 0 saturated carbocycles. The Bertz CT molecular complexity index is 119. The van der Waals surface area contributed by atoms with Gasteiger partial charge >= 0.3 is 0 Å². The molecule has 1 heteroatoms. The van der Waals surface area contributed by atoms with Crippen LogP contribution in [0.15, 0.2) is 0 Å². The average molecular weight is 213 g/mol. The minimum Gasteiger partial charge on any atom is -0.314 e. The summed E-state index contributed by atoms with van der Waals surface area (Å²) in [7, 11) is 0. The van der Waals surface area contributed by atoms with Crippen molar-refractivity contribution >= 4 is 0 Å². The molecule has 0 aromatic carbocycles. The minimum atomic E-state index is 0.766. The highest BCUT2D eigenvalue weighted by Gasteiger charge is 2.16. The highest BCUT2D eigenvalue weighted by molar-refractivity contribution is 4.74. The Balaban J connectivity index is 3.80. The zero-order valence-electron chi connectivity index (χ0n) is 11.3. The van der Waals surface area contributed by atoms with Gasteiger partial charge in [-0.15, -0.1) is 0 Å². The molecule has 0 aliphatic rings. The van der Waals surface area contributed by atoms with Crippen LogP contribution in [0.1, 0.15) is 72.6 Å². The zero-order valence-corrected chi connectivity index (χ0v) is 11.3. The Morgan fingerprint density at radius 3 is 2.00 bits per heavy atom. The molecule has 0 aromatic rings. The lowest BCUT2D eigenvalue weighted by molar-refractivity contribution is 0.314. The molecule has 0 bridgehead atoms. The van der Waals surface area contributed by atoms with Crippen molar-refractivity contribution in [3.63, 3.8) is 0 Å². The van der Waals surface area contributed by atoms with Crippen LogP contribution in [-0.2, 0) is 0 Å². The van der Waals surface area contributed by atoms with Crippen LogP contribution in [0.5, 0.6) is 0 Å². The van der Waals surface area contributed by atoms with Gasteiger partial charge in [0, 0.05) is 6.04 Å². The highest BCUT2D eigenvalue weighted by Crippen LogP contribution is 2.18. The van der Waals surface area contributed by atoms with Crippen molar-refractivity contribution in [3.8, 4) is 0 Å². The maximum Gasteiger partial charge on any atom is 0.00950 e. The highest BCUT2D eigenvalue weighted by atomic mass is 14.9. The summed E-state index contributed by atoms with van der Waals surface area (Å²) in [6, 6.07) is 0.766. The summed E-state index contributed by atoms with van der Waals surface area (Å²) in [5.41, 5.74) is 0. The molecule has 15 heavy (non-hydrogen) atoms. The van der Waals surface area contributed by atoms with Crippen molar-refractivity contribution in [1.29, 1.82) is 0 Å². The lowest BCUT2D eigenvalue weighted by Gasteiger charge is -2.26. The second kappa shape index (κ2) is 10.5. The van der Waals surface area contributed by atoms with E-state index in [1.807, 2.05) is 0 Å². The Morgan fingerprint density at radius 2 is 1.53 bits per heavy atom. The predicted octanol–water partition coefficient (Wildman–Crippen LogP) is 4.37. The fourth-order valence-corrected chi connectivity index (χ4v) is 2.42. The molecule has 0 amide bonds. The summed E-state index contributed by atoms with van der Waals surface area (Å²) in [5, 5.41) is 3.66. The first-order valence-corrected chi connectivity index (χ1v) is 7.03. The molecule has 0 saturated heterocycles. The van der Waals surface area contributed by atoms with E-state index in [0.717, 1.165) is 18.5 Å². The van der Waals surface area contributed by atoms with Crippen LogP contribution >= 0.6 is 0 Å². The zero-order chi connectivity index (χ0) is 11.5. The van der Waals surface area contributed by atoms with Crippen LogP contribution in [0.25, 0.3) is 0 Å². The number of hydrogen-bond acceptors (Lipinski definition) is 1. The van der Waals surface area contributed by atoms with Crippen molar-refractivity contribution in [3.05, 3.63) is 0 Å². The van der Waals surface area contributed by atoms with Gasteiger partial charge in [-0.3, -0.25) is 0 Å². The van der Waals surface area contributed by atoms with Crippen molar-refractivity contribution in [2.75, 3.05) is 6.54 Å². The lowest BCUT2D eigenvalue weighted by atomic mass is 9.90. The second-order valence-electron chi connectivity index (χ2n) is 4.59. The Hall–Kier alpha value is -0.0400. The molecule has 1 N–H and O–H groups in total. The summed E-state index contributed by atoms with van der Waals surface area (Å²) in [4.78, 5) is 0. The van der Waals surface area contributed by atoms with Gasteiger partial charge in [0.15, 0.2) is 0 Å². The molecular formula is C14H31N. The van der Waals surface area contributed by atoms with Crippen molar-refractivity contribution < 1.29 is 0 Å². The van der Waals surface area contributed by atoms with Gasteiger partial charge in [0.2, 0.25) is 0 Å². The Labute approximate surface area is 97.0 Å². The van der Waals surface area contributed by atoms with Crippen molar-refractivity contribution in [1.82, 2.24) is 5.32 Å². The molecule has 0 fully saturated rings. The molecule has 1 atom stereocenters. The molecule has 0 spiro atoms. The van der Waals surface area contributed by atoms with Crippen LogP contribution in [0.4, 0.5) is 0 Å². The number of hydrogen-bond donors (Lipinski definition) is 1. The van der Waals surface area contributed by atoms with Crippen LogP contribution < -0.4 is 5.32 Å². The summed E-state index contributed by atoms with van der Waals surface area (Å²) < 4.78 is 0. The minimum absolute atomic E-state index is 0.766. The summed E-state index contributed by atoms with van der Waals surface area (Å²) in [6.45, 7) is 10.3. The fourth-order valence-electron chi connectivity index (χ4n) is 2.42. The van der Waals surface area contributed by atoms with Gasteiger partial charge in [-0.05, 0) is 18.9 Å². The van der Waals surface area contributed by atoms with E-state index in [9.17, 15) is 0 Å². The number of rotatable bonds is 10. The summed E-state index contributed by atoms with van der Waals surface area (Å²) in [5.74, 6) is 0.881. The smallest absolute Gasteiger partial charge is 0.00950 e. The fraction of sp³-hybridized carbons (Fsp3) is 1.00. The Morgan fingerprint density at radius 1 is 0.867 bits per heavy atom. The maximum atomic E-state index is 3.66. The molecule has 0 aliphatic carbocycles. The van der Waals surface area contributed by atoms with Gasteiger partial charge in [0.25, 0.3) is 0 Å². The number of unbranched alkanes of at least 4 members (excludes halogenated alkanes) is 3. The van der Waals surface area contributed by atoms with Gasteiger partial charge in [-0.25, -0.2) is 0 Å². The van der Waals surface area contributed by atoms with E-state index in [-0.39, 0.29) is 0 Å². The van der Waals surface area contributed by atoms with E-state index in [2.05, 4.69) is 33.0 Å². The second-order valence-corrected chi connectivity index (χ2v) is 4.59. The van der Waals surface area contributed by atoms with Gasteiger partial charge < -0.3 is 5.32 Å². The van der Waals surface area contributed by atoms with Crippen LogP contribution in [0.2, 0.25) is 0 Å². The molecule has 0 rings (SSSR count). The molecule has 92 valence electrons. The molecular weight excluding hydrogens is 182 g/mol. The van der Waals surface area contributed by atoms with E-state index in [1.54, 1.807) is 0 Å². The summed E-state index contributed by atoms with van der Waals surface area (Å²) in [6.07, 6.45) is 9.59. The lowest BCUT2D eigenvalue weighted by Crippen LogP contribution is -2.35. The molecule has 1 unspecified atom stereocenters. The molecule has 0 aliphatic heterocycles. The maximum absolute atomic E-state index is 3.66. The largest absolute Gasteiger partial charge is 0.314 e. The number of nitrogens with one attached hydrogen (secondary N) is 1. The van der Waals surface area contributed by atoms with E-state index < -0.39 is 0 Å². The third kappa shape index (κ3) is 6.94. The topological polar surface area (TPSA) is 12.0 Å². The standard InChI is InChI=1S/C14H31N/c1-5-9-10-11-12-14(15-8-4)13(6-2)7-3/h13-15H,5-12H2,1-4H3. The van der Waals surface area contributed by atoms with Crippen LogP contribution in [0.3, 0.4) is 0 Å². The SMILES string of the molecule is CCCCCCC(NCC)C(CC)CC. The third-order valence-corrected chi connectivity index (χ3v) is 3.45. The van der Waals surface area contributed by atoms with Crippen LogP contribution in [-0.4, -0.2) is 12.6 Å². The first-order valence-electron chi connectivity index (χ1n) is 7.03. The normalized spacial score (nSPS) is 13.4. The molecule has 0 heterocycles. The quantitative estimate of drug-likeness (QED) is 0.531.